The third-order valence-corrected chi connectivity index (χ3v) is 6.46. The Labute approximate surface area is 191 Å². The zero-order valence-corrected chi connectivity index (χ0v) is 19.7. The van der Waals surface area contributed by atoms with Crippen LogP contribution >= 0.6 is 0 Å². The van der Waals surface area contributed by atoms with E-state index in [1.807, 2.05) is 13.0 Å². The fraction of sp³-hybridized carbons (Fsp3) is 0.520. The van der Waals surface area contributed by atoms with E-state index in [1.165, 1.54) is 31.5 Å². The molecule has 1 aromatic carbocycles. The van der Waals surface area contributed by atoms with Gasteiger partial charge in [-0.15, -0.1) is 0 Å². The van der Waals surface area contributed by atoms with Crippen molar-refractivity contribution in [2.24, 2.45) is 4.99 Å². The summed E-state index contributed by atoms with van der Waals surface area (Å²) in [6.07, 6.45) is 5.11. The largest absolute Gasteiger partial charge is 0.351 e. The van der Waals surface area contributed by atoms with Gasteiger partial charge in [-0.3, -0.25) is 4.79 Å². The molecule has 0 atom stereocenters. The first kappa shape index (κ1) is 22.4. The van der Waals surface area contributed by atoms with Crippen molar-refractivity contribution in [3.05, 3.63) is 41.9 Å². The number of likely N-dealkylation sites (tertiary alicyclic amines) is 1. The molecule has 0 bridgehead atoms. The summed E-state index contributed by atoms with van der Waals surface area (Å²) < 4.78 is 0. The molecule has 1 fully saturated rings. The molecule has 4 rings (SSSR count). The van der Waals surface area contributed by atoms with Gasteiger partial charge >= 0.3 is 0 Å². The Morgan fingerprint density at radius 3 is 2.72 bits per heavy atom. The van der Waals surface area contributed by atoms with Gasteiger partial charge in [-0.05, 0) is 64.4 Å². The summed E-state index contributed by atoms with van der Waals surface area (Å²) in [5, 5.41) is 3.01. The van der Waals surface area contributed by atoms with E-state index >= 15 is 0 Å². The summed E-state index contributed by atoms with van der Waals surface area (Å²) in [5.41, 5.74) is 4.27. The Morgan fingerprint density at radius 2 is 1.94 bits per heavy atom. The number of hydrogen-bond donors (Lipinski definition) is 1. The van der Waals surface area contributed by atoms with Gasteiger partial charge in [0.1, 0.15) is 17.7 Å². The van der Waals surface area contributed by atoms with E-state index < -0.39 is 0 Å². The van der Waals surface area contributed by atoms with Crippen molar-refractivity contribution in [2.45, 2.75) is 52.4 Å². The van der Waals surface area contributed by atoms with Gasteiger partial charge in [0, 0.05) is 24.2 Å². The number of aryl methyl sites for hydroxylation is 1. The molecule has 2 aromatic rings. The minimum absolute atomic E-state index is 0.00179. The van der Waals surface area contributed by atoms with Gasteiger partial charge in [0.2, 0.25) is 0 Å². The number of nitrogens with zero attached hydrogens (tertiary/aromatic N) is 5. The number of hydrogen-bond acceptors (Lipinski definition) is 6. The van der Waals surface area contributed by atoms with Crippen LogP contribution < -0.4 is 10.2 Å². The molecule has 0 saturated carbocycles. The van der Waals surface area contributed by atoms with E-state index in [2.05, 4.69) is 57.1 Å². The van der Waals surface area contributed by atoms with Gasteiger partial charge in [0.05, 0.1) is 5.69 Å². The molecule has 1 saturated heterocycles. The van der Waals surface area contributed by atoms with Gasteiger partial charge in [0.25, 0.3) is 5.91 Å². The molecule has 0 radical (unpaired) electrons. The van der Waals surface area contributed by atoms with Crippen molar-refractivity contribution in [3.63, 3.8) is 0 Å². The maximum absolute atomic E-state index is 12.7. The van der Waals surface area contributed by atoms with Crippen molar-refractivity contribution in [1.82, 2.24) is 20.2 Å². The molecule has 1 aromatic heterocycles. The summed E-state index contributed by atoms with van der Waals surface area (Å²) in [6, 6.07) is 8.42. The minimum atomic E-state index is -0.136. The molecule has 2 aliphatic rings. The monoisotopic (exact) mass is 434 g/mol. The highest BCUT2D eigenvalue weighted by atomic mass is 16.1. The van der Waals surface area contributed by atoms with E-state index in [0.717, 1.165) is 36.7 Å². The average molecular weight is 435 g/mol. The summed E-state index contributed by atoms with van der Waals surface area (Å²) >= 11 is 0. The van der Waals surface area contributed by atoms with Crippen LogP contribution in [0.2, 0.25) is 0 Å². The van der Waals surface area contributed by atoms with Crippen molar-refractivity contribution in [1.29, 1.82) is 0 Å². The number of fused-ring (bicyclic) bond motifs is 1. The normalized spacial score (nSPS) is 18.1. The number of rotatable bonds is 7. The predicted molar refractivity (Wildman–Crippen MR) is 129 cm³/mol. The van der Waals surface area contributed by atoms with E-state index in [0.29, 0.717) is 17.9 Å². The van der Waals surface area contributed by atoms with Crippen LogP contribution in [0.5, 0.6) is 0 Å². The number of carbonyl (C=O) groups excluding carboxylic acids is 1. The number of aromatic nitrogens is 2. The van der Waals surface area contributed by atoms with Crippen LogP contribution in [0.15, 0.2) is 35.6 Å². The first-order chi connectivity index (χ1) is 15.4. The van der Waals surface area contributed by atoms with Crippen LogP contribution in [0.25, 0.3) is 0 Å². The predicted octanol–water partition coefficient (Wildman–Crippen LogP) is 3.91. The van der Waals surface area contributed by atoms with Crippen LogP contribution in [-0.4, -0.2) is 59.2 Å². The van der Waals surface area contributed by atoms with Crippen molar-refractivity contribution >= 4 is 28.8 Å². The topological polar surface area (TPSA) is 73.7 Å². The van der Waals surface area contributed by atoms with Crippen LogP contribution in [0.4, 0.5) is 17.2 Å². The Balaban J connectivity index is 1.50. The molecule has 0 aliphatic carbocycles. The lowest BCUT2D eigenvalue weighted by Crippen LogP contribution is -2.32. The highest BCUT2D eigenvalue weighted by molar-refractivity contribution is 6.38. The number of aliphatic imine (C=N–C) groups is 1. The molecular weight excluding hydrogens is 400 g/mol. The quantitative estimate of drug-likeness (QED) is 0.528. The van der Waals surface area contributed by atoms with Gasteiger partial charge in [0.15, 0.2) is 5.82 Å². The molecule has 7 heteroatoms. The van der Waals surface area contributed by atoms with E-state index in [4.69, 9.17) is 4.99 Å². The van der Waals surface area contributed by atoms with E-state index in [1.54, 1.807) is 13.3 Å². The molecule has 3 heterocycles. The number of carbonyl (C=O) groups is 1. The van der Waals surface area contributed by atoms with Crippen molar-refractivity contribution < 1.29 is 4.79 Å². The fourth-order valence-corrected chi connectivity index (χ4v) is 4.68. The molecule has 0 unspecified atom stereocenters. The van der Waals surface area contributed by atoms with Crippen LogP contribution in [0, 0.1) is 6.92 Å². The second-order valence-corrected chi connectivity index (χ2v) is 9.47. The molecular formula is C25H34N6O. The maximum atomic E-state index is 12.7. The van der Waals surface area contributed by atoms with Gasteiger partial charge < -0.3 is 15.1 Å². The molecule has 7 nitrogen and oxygen atoms in total. The maximum Gasteiger partial charge on any atom is 0.265 e. The summed E-state index contributed by atoms with van der Waals surface area (Å²) in [6.45, 7) is 13.0. The number of nitrogens with one attached hydrogen (secondary N) is 1. The lowest BCUT2D eigenvalue weighted by Gasteiger charge is -2.23. The van der Waals surface area contributed by atoms with Crippen molar-refractivity contribution in [3.8, 4) is 0 Å². The SMILES string of the molecule is C/C(=N\c1c(C)ncnc1N1CC(C)(C)c2ccccc21)C(=O)NCCCN1CCCC1. The van der Waals surface area contributed by atoms with Crippen LogP contribution in [0.1, 0.15) is 51.3 Å². The van der Waals surface area contributed by atoms with E-state index in [9.17, 15) is 4.79 Å². The lowest BCUT2D eigenvalue weighted by molar-refractivity contribution is -0.114. The third kappa shape index (κ3) is 4.67. The van der Waals surface area contributed by atoms with Crippen molar-refractivity contribution in [2.75, 3.05) is 37.6 Å². The zero-order valence-electron chi connectivity index (χ0n) is 19.7. The molecule has 170 valence electrons. The first-order valence-electron chi connectivity index (χ1n) is 11.6. The minimum Gasteiger partial charge on any atom is -0.351 e. The molecule has 1 amide bonds. The highest BCUT2D eigenvalue weighted by Crippen LogP contribution is 2.46. The summed E-state index contributed by atoms with van der Waals surface area (Å²) in [7, 11) is 0. The van der Waals surface area contributed by atoms with Gasteiger partial charge in [-0.1, -0.05) is 32.0 Å². The standard InChI is InChI=1S/C25H34N6O/c1-18-22(29-19(2)24(32)26-12-9-15-30-13-7-8-14-30)23(28-17-27-18)31-16-25(3,4)20-10-5-6-11-21(20)31/h5-6,10-11,17H,7-9,12-16H2,1-4H3,(H,26,32)/b29-19+. The van der Waals surface area contributed by atoms with Gasteiger partial charge in [-0.25, -0.2) is 15.0 Å². The second-order valence-electron chi connectivity index (χ2n) is 9.47. The molecule has 1 N–H and O–H groups in total. The Bertz CT molecular complexity index is 1010. The fourth-order valence-electron chi connectivity index (χ4n) is 4.68. The number of benzene rings is 1. The molecule has 32 heavy (non-hydrogen) atoms. The van der Waals surface area contributed by atoms with Gasteiger partial charge in [-0.2, -0.15) is 0 Å². The zero-order chi connectivity index (χ0) is 22.7. The smallest absolute Gasteiger partial charge is 0.265 e. The number of anilines is 2. The number of para-hydroxylation sites is 1. The van der Waals surface area contributed by atoms with Crippen LogP contribution in [-0.2, 0) is 10.2 Å². The molecule has 0 spiro atoms. The molecule has 2 aliphatic heterocycles. The second kappa shape index (κ2) is 9.36. The average Bonchev–Trinajstić information content (AvgIpc) is 3.39. The Kier molecular flexibility index (Phi) is 6.55. The van der Waals surface area contributed by atoms with E-state index in [-0.39, 0.29) is 11.3 Å². The first-order valence-corrected chi connectivity index (χ1v) is 11.6. The van der Waals surface area contributed by atoms with Crippen LogP contribution in [0.3, 0.4) is 0 Å². The summed E-state index contributed by atoms with van der Waals surface area (Å²) in [5.74, 6) is 0.611. The Morgan fingerprint density at radius 1 is 1.19 bits per heavy atom. The highest BCUT2D eigenvalue weighted by Gasteiger charge is 2.37. The third-order valence-electron chi connectivity index (χ3n) is 6.46. The Hall–Kier alpha value is -2.80. The lowest BCUT2D eigenvalue weighted by atomic mass is 9.87. The summed E-state index contributed by atoms with van der Waals surface area (Å²) in [4.78, 5) is 31.0. The number of amides is 1.